The lowest BCUT2D eigenvalue weighted by atomic mass is 10.0. The van der Waals surface area contributed by atoms with E-state index in [0.717, 1.165) is 24.0 Å². The minimum atomic E-state index is 0.306. The quantitative estimate of drug-likeness (QED) is 0.744. The van der Waals surface area contributed by atoms with E-state index in [9.17, 15) is 4.79 Å². The van der Waals surface area contributed by atoms with E-state index in [1.807, 2.05) is 7.05 Å². The fourth-order valence-corrected chi connectivity index (χ4v) is 1.76. The zero-order chi connectivity index (χ0) is 12.8. The second-order valence-corrected chi connectivity index (χ2v) is 4.17. The summed E-state index contributed by atoms with van der Waals surface area (Å²) in [5.74, 6) is 0.775. The van der Waals surface area contributed by atoms with E-state index < -0.39 is 0 Å². The number of rotatable bonds is 5. The van der Waals surface area contributed by atoms with Crippen LogP contribution in [-0.2, 0) is 0 Å². The maximum atomic E-state index is 10.5. The first-order valence-corrected chi connectivity index (χ1v) is 5.96. The van der Waals surface area contributed by atoms with Gasteiger partial charge in [0.25, 0.3) is 0 Å². The molecule has 2 rings (SSSR count). The Balaban J connectivity index is 1.86. The zero-order valence-electron chi connectivity index (χ0n) is 10.4. The van der Waals surface area contributed by atoms with E-state index in [4.69, 9.17) is 4.74 Å². The van der Waals surface area contributed by atoms with Gasteiger partial charge < -0.3 is 10.1 Å². The highest BCUT2D eigenvalue weighted by molar-refractivity contribution is 5.74. The third-order valence-corrected chi connectivity index (χ3v) is 2.91. The van der Waals surface area contributed by atoms with Gasteiger partial charge in [-0.25, -0.2) is 0 Å². The number of carbonyl (C=O) groups excluding carboxylic acids is 1. The van der Waals surface area contributed by atoms with Crippen LogP contribution in [0.3, 0.4) is 0 Å². The fourth-order valence-electron chi connectivity index (χ4n) is 1.76. The van der Waals surface area contributed by atoms with Gasteiger partial charge >= 0.3 is 0 Å². The molecule has 3 heteroatoms. The Morgan fingerprint density at radius 3 is 2.72 bits per heavy atom. The van der Waals surface area contributed by atoms with E-state index in [1.165, 1.54) is 0 Å². The molecule has 0 N–H and O–H groups in total. The number of likely N-dealkylation sites (N-methyl/N-ethyl adjacent to an activating group) is 1. The van der Waals surface area contributed by atoms with E-state index in [1.54, 1.807) is 24.3 Å². The van der Waals surface area contributed by atoms with Gasteiger partial charge in [-0.1, -0.05) is 12.2 Å². The van der Waals surface area contributed by atoms with Crippen LogP contribution in [0.2, 0.25) is 0 Å². The lowest BCUT2D eigenvalue weighted by Gasteiger charge is -2.26. The number of aldehydes is 1. The molecule has 0 bridgehead atoms. The molecule has 1 aliphatic carbocycles. The number of ether oxygens (including phenoxy) is 1. The first-order valence-electron chi connectivity index (χ1n) is 5.96. The summed E-state index contributed by atoms with van der Waals surface area (Å²) in [5, 5.41) is 4.21. The normalized spacial score (nSPS) is 18.3. The van der Waals surface area contributed by atoms with Crippen LogP contribution in [0, 0.1) is 0 Å². The maximum absolute atomic E-state index is 10.5. The van der Waals surface area contributed by atoms with Gasteiger partial charge in [-0.05, 0) is 36.3 Å². The van der Waals surface area contributed by atoms with Crippen molar-refractivity contribution >= 4 is 6.29 Å². The maximum Gasteiger partial charge on any atom is 0.150 e. The van der Waals surface area contributed by atoms with Gasteiger partial charge in [0.05, 0.1) is 0 Å². The predicted molar refractivity (Wildman–Crippen MR) is 72.2 cm³/mol. The van der Waals surface area contributed by atoms with Crippen LogP contribution in [0.15, 0.2) is 48.1 Å². The van der Waals surface area contributed by atoms with Crippen LogP contribution < -0.4 is 4.74 Å². The molecule has 1 aliphatic rings. The van der Waals surface area contributed by atoms with Crippen LogP contribution in [-0.4, -0.2) is 26.0 Å². The van der Waals surface area contributed by atoms with Crippen molar-refractivity contribution in [2.24, 2.45) is 0 Å². The van der Waals surface area contributed by atoms with Crippen molar-refractivity contribution < 1.29 is 9.53 Å². The number of hydrogen-bond acceptors (Lipinski definition) is 2. The molecule has 0 saturated carbocycles. The largest absolute Gasteiger partial charge is 0.659 e. The SMILES string of the molecule is C[N-]C1C=CC(COc2ccc(C=O)cc2)=CC1. The average molecular weight is 242 g/mol. The molecule has 0 saturated heterocycles. The zero-order valence-corrected chi connectivity index (χ0v) is 10.4. The fraction of sp³-hybridized carbons (Fsp3) is 0.267. The second-order valence-electron chi connectivity index (χ2n) is 4.17. The summed E-state index contributed by atoms with van der Waals surface area (Å²) < 4.78 is 5.65. The Kier molecular flexibility index (Phi) is 4.31. The van der Waals surface area contributed by atoms with Crippen LogP contribution in [0.25, 0.3) is 5.32 Å². The van der Waals surface area contributed by atoms with Gasteiger partial charge in [0.1, 0.15) is 18.6 Å². The van der Waals surface area contributed by atoms with Gasteiger partial charge in [0, 0.05) is 5.56 Å². The van der Waals surface area contributed by atoms with Crippen LogP contribution >= 0.6 is 0 Å². The standard InChI is InChI=1S/C15H16NO2/c1-16-14-6-2-13(3-7-14)11-18-15-8-4-12(10-17)5-9-15/h2-6,8-10,14H,7,11H2,1H3/q-1. The minimum absolute atomic E-state index is 0.306. The molecule has 0 aliphatic heterocycles. The summed E-state index contributed by atoms with van der Waals surface area (Å²) in [6.07, 6.45) is 8.06. The van der Waals surface area contributed by atoms with Gasteiger partial charge in [0.2, 0.25) is 0 Å². The summed E-state index contributed by atoms with van der Waals surface area (Å²) >= 11 is 0. The highest BCUT2D eigenvalue weighted by Crippen LogP contribution is 2.17. The summed E-state index contributed by atoms with van der Waals surface area (Å²) in [6.45, 7) is 0.549. The number of benzene rings is 1. The molecule has 3 nitrogen and oxygen atoms in total. The number of hydrogen-bond donors (Lipinski definition) is 0. The lowest BCUT2D eigenvalue weighted by molar-refractivity contribution is 0.112. The minimum Gasteiger partial charge on any atom is -0.659 e. The van der Waals surface area contributed by atoms with Crippen molar-refractivity contribution in [3.63, 3.8) is 0 Å². The van der Waals surface area contributed by atoms with Crippen LogP contribution in [0.4, 0.5) is 0 Å². The summed E-state index contributed by atoms with van der Waals surface area (Å²) in [5.41, 5.74) is 1.82. The first-order chi connectivity index (χ1) is 8.81. The first kappa shape index (κ1) is 12.6. The van der Waals surface area contributed by atoms with Crippen molar-refractivity contribution in [2.45, 2.75) is 12.5 Å². The second kappa shape index (κ2) is 6.17. The Labute approximate surface area is 107 Å². The molecule has 1 aromatic carbocycles. The lowest BCUT2D eigenvalue weighted by Crippen LogP contribution is -2.08. The molecule has 0 heterocycles. The Hall–Kier alpha value is -1.87. The van der Waals surface area contributed by atoms with Gasteiger partial charge in [-0.2, -0.15) is 7.05 Å². The van der Waals surface area contributed by atoms with Crippen molar-refractivity contribution in [2.75, 3.05) is 13.7 Å². The molecule has 1 atom stereocenters. The summed E-state index contributed by atoms with van der Waals surface area (Å²) in [6, 6.07) is 7.42. The highest BCUT2D eigenvalue weighted by atomic mass is 16.5. The molecule has 94 valence electrons. The topological polar surface area (TPSA) is 40.4 Å². The number of carbonyl (C=O) groups is 1. The van der Waals surface area contributed by atoms with E-state index in [2.05, 4.69) is 23.5 Å². The molecule has 0 fully saturated rings. The Bertz CT molecular complexity index is 460. The third-order valence-electron chi connectivity index (χ3n) is 2.91. The highest BCUT2D eigenvalue weighted by Gasteiger charge is 2.02. The van der Waals surface area contributed by atoms with Crippen molar-refractivity contribution in [1.29, 1.82) is 0 Å². The van der Waals surface area contributed by atoms with Crippen molar-refractivity contribution in [1.82, 2.24) is 0 Å². The smallest absolute Gasteiger partial charge is 0.150 e. The molecule has 0 spiro atoms. The molecule has 0 aromatic heterocycles. The predicted octanol–water partition coefficient (Wildman–Crippen LogP) is 3.14. The molecule has 1 aromatic rings. The van der Waals surface area contributed by atoms with Gasteiger partial charge in [-0.3, -0.25) is 4.79 Å². The van der Waals surface area contributed by atoms with Crippen molar-refractivity contribution in [3.05, 3.63) is 58.9 Å². The average Bonchev–Trinajstić information content (AvgIpc) is 2.46. The molecular weight excluding hydrogens is 226 g/mol. The molecule has 1 unspecified atom stereocenters. The van der Waals surface area contributed by atoms with Crippen LogP contribution in [0.5, 0.6) is 5.75 Å². The van der Waals surface area contributed by atoms with Crippen LogP contribution in [0.1, 0.15) is 16.8 Å². The number of nitrogens with zero attached hydrogens (tertiary/aromatic N) is 1. The molecular formula is C15H16NO2-. The summed E-state index contributed by atoms with van der Waals surface area (Å²) in [4.78, 5) is 10.5. The monoisotopic (exact) mass is 242 g/mol. The summed E-state index contributed by atoms with van der Waals surface area (Å²) in [7, 11) is 1.83. The molecule has 0 radical (unpaired) electrons. The Morgan fingerprint density at radius 2 is 2.17 bits per heavy atom. The van der Waals surface area contributed by atoms with Gasteiger partial charge in [0.15, 0.2) is 0 Å². The molecule has 18 heavy (non-hydrogen) atoms. The van der Waals surface area contributed by atoms with Crippen molar-refractivity contribution in [3.8, 4) is 5.75 Å². The van der Waals surface area contributed by atoms with E-state index in [0.29, 0.717) is 18.2 Å². The Morgan fingerprint density at radius 1 is 1.39 bits per heavy atom. The van der Waals surface area contributed by atoms with E-state index >= 15 is 0 Å². The van der Waals surface area contributed by atoms with E-state index in [-0.39, 0.29) is 0 Å². The van der Waals surface area contributed by atoms with Gasteiger partial charge in [-0.15, -0.1) is 12.1 Å². The molecule has 0 amide bonds. The third kappa shape index (κ3) is 3.31.